The lowest BCUT2D eigenvalue weighted by molar-refractivity contribution is -0.115. The molecule has 0 fully saturated rings. The fourth-order valence-corrected chi connectivity index (χ4v) is 1.68. The predicted octanol–water partition coefficient (Wildman–Crippen LogP) is 3.36. The summed E-state index contributed by atoms with van der Waals surface area (Å²) in [7, 11) is 0. The molecule has 0 heterocycles. The average Bonchev–Trinajstić information content (AvgIpc) is 2.28. The molecule has 94 valence electrons. The first-order chi connectivity index (χ1) is 8.06. The number of benzene rings is 1. The van der Waals surface area contributed by atoms with E-state index in [2.05, 4.69) is 20.7 Å². The Morgan fingerprint density at radius 3 is 2.71 bits per heavy atom. The molecule has 0 aliphatic carbocycles. The van der Waals surface area contributed by atoms with Gasteiger partial charge in [-0.1, -0.05) is 35.0 Å². The molecule has 0 saturated carbocycles. The Morgan fingerprint density at radius 1 is 1.47 bits per heavy atom. The molecule has 0 saturated heterocycles. The van der Waals surface area contributed by atoms with Crippen LogP contribution in [0.2, 0.25) is 0 Å². The molecule has 0 aromatic heterocycles. The molecule has 0 aliphatic rings. The number of hydrogen-bond donors (Lipinski definition) is 0. The van der Waals surface area contributed by atoms with E-state index in [9.17, 15) is 13.6 Å². The van der Waals surface area contributed by atoms with Crippen molar-refractivity contribution < 1.29 is 18.3 Å². The summed E-state index contributed by atoms with van der Waals surface area (Å²) in [5.41, 5.74) is 1.39. The van der Waals surface area contributed by atoms with Crippen molar-refractivity contribution >= 4 is 21.7 Å². The van der Waals surface area contributed by atoms with Crippen molar-refractivity contribution in [3.8, 4) is 5.75 Å². The second-order valence-electron chi connectivity index (χ2n) is 3.52. The molecule has 17 heavy (non-hydrogen) atoms. The standard InChI is InChI=1S/C12H13BrF2O2/c1-2-9-4-3-8(5-10(16)7-13)6-11(9)17-12(14)15/h3-4,6,12H,2,5,7H2,1H3. The van der Waals surface area contributed by atoms with E-state index in [-0.39, 0.29) is 23.3 Å². The van der Waals surface area contributed by atoms with Crippen molar-refractivity contribution in [2.24, 2.45) is 0 Å². The van der Waals surface area contributed by atoms with E-state index in [0.717, 1.165) is 0 Å². The van der Waals surface area contributed by atoms with Crippen LogP contribution in [0.5, 0.6) is 5.75 Å². The van der Waals surface area contributed by atoms with Crippen molar-refractivity contribution in [2.45, 2.75) is 26.4 Å². The minimum atomic E-state index is -2.84. The van der Waals surface area contributed by atoms with Gasteiger partial charge in [-0.3, -0.25) is 4.79 Å². The van der Waals surface area contributed by atoms with Crippen LogP contribution in [0.25, 0.3) is 0 Å². The molecule has 1 aromatic carbocycles. The summed E-state index contributed by atoms with van der Waals surface area (Å²) in [6.07, 6.45) is 0.823. The van der Waals surface area contributed by atoms with Crippen LogP contribution >= 0.6 is 15.9 Å². The third kappa shape index (κ3) is 4.42. The molecule has 0 radical (unpaired) electrons. The predicted molar refractivity (Wildman–Crippen MR) is 65.0 cm³/mol. The van der Waals surface area contributed by atoms with Gasteiger partial charge in [0.15, 0.2) is 0 Å². The first-order valence-electron chi connectivity index (χ1n) is 5.21. The van der Waals surface area contributed by atoms with Crippen LogP contribution < -0.4 is 4.74 Å². The van der Waals surface area contributed by atoms with E-state index < -0.39 is 6.61 Å². The quantitative estimate of drug-likeness (QED) is 0.753. The highest BCUT2D eigenvalue weighted by atomic mass is 79.9. The number of alkyl halides is 3. The van der Waals surface area contributed by atoms with Crippen LogP contribution in [-0.2, 0) is 17.6 Å². The van der Waals surface area contributed by atoms with Crippen molar-refractivity contribution in [3.63, 3.8) is 0 Å². The molecule has 2 nitrogen and oxygen atoms in total. The Balaban J connectivity index is 2.91. The number of halogens is 3. The van der Waals surface area contributed by atoms with Gasteiger partial charge in [0.05, 0.1) is 5.33 Å². The number of hydrogen-bond acceptors (Lipinski definition) is 2. The summed E-state index contributed by atoms with van der Waals surface area (Å²) in [5.74, 6) is 0.152. The first-order valence-corrected chi connectivity index (χ1v) is 6.33. The number of ketones is 1. The molecular formula is C12H13BrF2O2. The van der Waals surface area contributed by atoms with Crippen molar-refractivity contribution in [1.29, 1.82) is 0 Å². The van der Waals surface area contributed by atoms with Gasteiger partial charge in [-0.25, -0.2) is 0 Å². The van der Waals surface area contributed by atoms with Crippen LogP contribution in [0.1, 0.15) is 18.1 Å². The molecule has 0 aliphatic heterocycles. The Bertz CT molecular complexity index is 394. The van der Waals surface area contributed by atoms with E-state index in [1.807, 2.05) is 6.92 Å². The lowest BCUT2D eigenvalue weighted by Gasteiger charge is -2.11. The highest BCUT2D eigenvalue weighted by Crippen LogP contribution is 2.23. The SMILES string of the molecule is CCc1ccc(CC(=O)CBr)cc1OC(F)F. The van der Waals surface area contributed by atoms with E-state index in [4.69, 9.17) is 0 Å². The minimum Gasteiger partial charge on any atom is -0.435 e. The molecule has 0 atom stereocenters. The molecular weight excluding hydrogens is 294 g/mol. The second-order valence-corrected chi connectivity index (χ2v) is 4.08. The highest BCUT2D eigenvalue weighted by Gasteiger charge is 2.11. The second kappa shape index (κ2) is 6.69. The van der Waals surface area contributed by atoms with Gasteiger partial charge in [0.2, 0.25) is 0 Å². The summed E-state index contributed by atoms with van der Waals surface area (Å²) < 4.78 is 28.8. The number of Topliss-reactive ketones (excluding diaryl/α,β-unsaturated/α-hetero) is 1. The fourth-order valence-electron chi connectivity index (χ4n) is 1.48. The summed E-state index contributed by atoms with van der Waals surface area (Å²) in [5, 5.41) is 0.258. The lowest BCUT2D eigenvalue weighted by atomic mass is 10.0. The molecule has 0 amide bonds. The molecule has 1 rings (SSSR count). The first kappa shape index (κ1) is 14.1. The van der Waals surface area contributed by atoms with Crippen molar-refractivity contribution in [1.82, 2.24) is 0 Å². The van der Waals surface area contributed by atoms with Crippen LogP contribution in [-0.4, -0.2) is 17.7 Å². The van der Waals surface area contributed by atoms with Crippen LogP contribution in [0.4, 0.5) is 8.78 Å². The van der Waals surface area contributed by atoms with Gasteiger partial charge in [0.25, 0.3) is 0 Å². The third-order valence-electron chi connectivity index (χ3n) is 2.28. The van der Waals surface area contributed by atoms with Gasteiger partial charge in [-0.05, 0) is 23.6 Å². The van der Waals surface area contributed by atoms with Gasteiger partial charge < -0.3 is 4.74 Å². The Hall–Kier alpha value is -0.970. The van der Waals surface area contributed by atoms with Crippen LogP contribution in [0.15, 0.2) is 18.2 Å². The van der Waals surface area contributed by atoms with E-state index in [1.54, 1.807) is 12.1 Å². The van der Waals surface area contributed by atoms with Gasteiger partial charge in [0, 0.05) is 6.42 Å². The van der Waals surface area contributed by atoms with Crippen molar-refractivity contribution in [2.75, 3.05) is 5.33 Å². The van der Waals surface area contributed by atoms with Crippen LogP contribution in [0.3, 0.4) is 0 Å². The number of rotatable bonds is 6. The number of ether oxygens (including phenoxy) is 1. The fraction of sp³-hybridized carbons (Fsp3) is 0.417. The monoisotopic (exact) mass is 306 g/mol. The zero-order valence-corrected chi connectivity index (χ0v) is 11.0. The normalized spacial score (nSPS) is 10.6. The summed E-state index contributed by atoms with van der Waals surface area (Å²) >= 11 is 3.06. The third-order valence-corrected chi connectivity index (χ3v) is 2.90. The molecule has 0 bridgehead atoms. The maximum absolute atomic E-state index is 12.2. The maximum Gasteiger partial charge on any atom is 0.387 e. The Kier molecular flexibility index (Phi) is 5.55. The topological polar surface area (TPSA) is 26.3 Å². The Labute approximate surface area is 107 Å². The van der Waals surface area contributed by atoms with E-state index in [1.165, 1.54) is 6.07 Å². The van der Waals surface area contributed by atoms with Gasteiger partial charge in [-0.2, -0.15) is 8.78 Å². The maximum atomic E-state index is 12.2. The summed E-state index contributed by atoms with van der Waals surface area (Å²) in [6, 6.07) is 4.98. The van der Waals surface area contributed by atoms with Crippen LogP contribution in [0, 0.1) is 0 Å². The van der Waals surface area contributed by atoms with Gasteiger partial charge >= 0.3 is 6.61 Å². The highest BCUT2D eigenvalue weighted by molar-refractivity contribution is 9.09. The summed E-state index contributed by atoms with van der Waals surface area (Å²) in [4.78, 5) is 11.2. The number of aryl methyl sites for hydroxylation is 1. The smallest absolute Gasteiger partial charge is 0.387 e. The molecule has 0 unspecified atom stereocenters. The zero-order chi connectivity index (χ0) is 12.8. The number of carbonyl (C=O) groups is 1. The summed E-state index contributed by atoms with van der Waals surface area (Å²) in [6.45, 7) is -0.987. The molecule has 0 spiro atoms. The molecule has 0 N–H and O–H groups in total. The number of carbonyl (C=O) groups excluding carboxylic acids is 1. The average molecular weight is 307 g/mol. The van der Waals surface area contributed by atoms with E-state index >= 15 is 0 Å². The van der Waals surface area contributed by atoms with Crippen molar-refractivity contribution in [3.05, 3.63) is 29.3 Å². The van der Waals surface area contributed by atoms with Gasteiger partial charge in [-0.15, -0.1) is 0 Å². The lowest BCUT2D eigenvalue weighted by Crippen LogP contribution is -2.07. The zero-order valence-electron chi connectivity index (χ0n) is 9.38. The van der Waals surface area contributed by atoms with E-state index in [0.29, 0.717) is 17.5 Å². The van der Waals surface area contributed by atoms with Gasteiger partial charge in [0.1, 0.15) is 11.5 Å². The largest absolute Gasteiger partial charge is 0.435 e. The minimum absolute atomic E-state index is 0.00255. The Morgan fingerprint density at radius 2 is 2.18 bits per heavy atom. The molecule has 5 heteroatoms. The molecule has 1 aromatic rings.